The largest absolute Gasteiger partial charge is 0.381 e. The minimum atomic E-state index is -0.418. The van der Waals surface area contributed by atoms with Gasteiger partial charge in [0.05, 0.1) is 6.04 Å². The first-order valence-electron chi connectivity index (χ1n) is 4.63. The lowest BCUT2D eigenvalue weighted by Gasteiger charge is -2.36. The Hall–Kier alpha value is -0.740. The molecular formula is C10H11NO2S. The SMILES string of the molecule is CC1=C2SC(O)C1(C)C1NC(=O)C=C21. The minimum Gasteiger partial charge on any atom is -0.381 e. The molecule has 0 aromatic carbocycles. The molecule has 4 heteroatoms. The van der Waals surface area contributed by atoms with Crippen LogP contribution in [0.4, 0.5) is 0 Å². The Morgan fingerprint density at radius 2 is 2.36 bits per heavy atom. The second kappa shape index (κ2) is 2.25. The first-order valence-corrected chi connectivity index (χ1v) is 5.51. The number of thioether (sulfide) groups is 1. The predicted molar refractivity (Wildman–Crippen MR) is 54.4 cm³/mol. The maximum atomic E-state index is 11.2. The van der Waals surface area contributed by atoms with Crippen molar-refractivity contribution >= 4 is 17.7 Å². The highest BCUT2D eigenvalue weighted by atomic mass is 32.2. The highest BCUT2D eigenvalue weighted by Crippen LogP contribution is 2.62. The Kier molecular flexibility index (Phi) is 1.38. The van der Waals surface area contributed by atoms with Gasteiger partial charge in [-0.3, -0.25) is 4.79 Å². The molecule has 0 aromatic rings. The number of aliphatic hydroxyl groups excluding tert-OH is 1. The van der Waals surface area contributed by atoms with E-state index in [9.17, 15) is 9.90 Å². The summed E-state index contributed by atoms with van der Waals surface area (Å²) in [6.07, 6.45) is 1.66. The van der Waals surface area contributed by atoms with Crippen LogP contribution in [-0.2, 0) is 4.79 Å². The van der Waals surface area contributed by atoms with Crippen LogP contribution in [0.3, 0.4) is 0 Å². The maximum Gasteiger partial charge on any atom is 0.244 e. The lowest BCUT2D eigenvalue weighted by molar-refractivity contribution is -0.116. The van der Waals surface area contributed by atoms with Gasteiger partial charge in [-0.1, -0.05) is 18.7 Å². The van der Waals surface area contributed by atoms with E-state index in [2.05, 4.69) is 5.32 Å². The lowest BCUT2D eigenvalue weighted by Crippen LogP contribution is -2.47. The van der Waals surface area contributed by atoms with Crippen LogP contribution in [0.1, 0.15) is 13.8 Å². The summed E-state index contributed by atoms with van der Waals surface area (Å²) in [7, 11) is 0. The fraction of sp³-hybridized carbons (Fsp3) is 0.500. The van der Waals surface area contributed by atoms with E-state index >= 15 is 0 Å². The average Bonchev–Trinajstić information content (AvgIpc) is 2.65. The van der Waals surface area contributed by atoms with E-state index in [1.807, 2.05) is 13.8 Å². The molecule has 0 radical (unpaired) electrons. The van der Waals surface area contributed by atoms with Gasteiger partial charge in [-0.2, -0.15) is 0 Å². The zero-order valence-corrected chi connectivity index (χ0v) is 8.81. The number of amides is 1. The molecule has 0 saturated heterocycles. The molecule has 74 valence electrons. The van der Waals surface area contributed by atoms with Crippen molar-refractivity contribution in [2.45, 2.75) is 25.3 Å². The lowest BCUT2D eigenvalue weighted by atomic mass is 9.80. The van der Waals surface area contributed by atoms with Crippen LogP contribution in [0.5, 0.6) is 0 Å². The van der Waals surface area contributed by atoms with E-state index in [0.717, 1.165) is 10.5 Å². The Bertz CT molecular complexity index is 412. The number of hydrogen-bond acceptors (Lipinski definition) is 3. The maximum absolute atomic E-state index is 11.2. The van der Waals surface area contributed by atoms with E-state index < -0.39 is 5.44 Å². The van der Waals surface area contributed by atoms with E-state index in [-0.39, 0.29) is 17.4 Å². The van der Waals surface area contributed by atoms with E-state index in [4.69, 9.17) is 0 Å². The van der Waals surface area contributed by atoms with E-state index in [1.165, 1.54) is 17.3 Å². The molecule has 2 N–H and O–H groups in total. The second-order valence-electron chi connectivity index (χ2n) is 4.25. The van der Waals surface area contributed by atoms with Crippen molar-refractivity contribution < 1.29 is 9.90 Å². The second-order valence-corrected chi connectivity index (χ2v) is 5.34. The smallest absolute Gasteiger partial charge is 0.244 e. The normalized spacial score (nSPS) is 44.2. The summed E-state index contributed by atoms with van der Waals surface area (Å²) < 4.78 is 0. The molecule has 0 aromatic heterocycles. The van der Waals surface area contributed by atoms with E-state index in [1.54, 1.807) is 6.08 Å². The Morgan fingerprint density at radius 1 is 1.64 bits per heavy atom. The average molecular weight is 209 g/mol. The standard InChI is InChI=1S/C10H11NO2S/c1-4-7-5-3-6(12)11-8(5)10(4,2)9(13)14-7/h3,8-9,13H,1-2H3,(H,11,12). The van der Waals surface area contributed by atoms with Crippen molar-refractivity contribution in [1.29, 1.82) is 0 Å². The topological polar surface area (TPSA) is 49.3 Å². The summed E-state index contributed by atoms with van der Waals surface area (Å²) in [5.74, 6) is -0.0316. The first kappa shape index (κ1) is 8.56. The van der Waals surface area contributed by atoms with Crippen LogP contribution >= 0.6 is 11.8 Å². The molecule has 3 nitrogen and oxygen atoms in total. The molecule has 2 aliphatic heterocycles. The Balaban J connectivity index is 2.19. The third kappa shape index (κ3) is 0.696. The van der Waals surface area contributed by atoms with Crippen LogP contribution in [0.2, 0.25) is 0 Å². The molecule has 3 aliphatic rings. The first-order chi connectivity index (χ1) is 6.55. The number of carbonyl (C=O) groups is 1. The molecule has 14 heavy (non-hydrogen) atoms. The van der Waals surface area contributed by atoms with Crippen molar-refractivity contribution in [2.24, 2.45) is 5.41 Å². The molecule has 3 rings (SSSR count). The fourth-order valence-corrected chi connectivity index (χ4v) is 4.04. The number of fused-ring (bicyclic) bond motifs is 4. The molecule has 0 saturated carbocycles. The monoisotopic (exact) mass is 209 g/mol. The van der Waals surface area contributed by atoms with Gasteiger partial charge in [0, 0.05) is 16.4 Å². The van der Waals surface area contributed by atoms with Crippen molar-refractivity contribution in [2.75, 3.05) is 0 Å². The van der Waals surface area contributed by atoms with Crippen molar-refractivity contribution in [3.8, 4) is 0 Å². The number of carbonyl (C=O) groups excluding carboxylic acids is 1. The summed E-state index contributed by atoms with van der Waals surface area (Å²) >= 11 is 1.48. The number of nitrogens with one attached hydrogen (secondary N) is 1. The van der Waals surface area contributed by atoms with Crippen LogP contribution < -0.4 is 5.32 Å². The summed E-state index contributed by atoms with van der Waals surface area (Å²) in [4.78, 5) is 12.3. The molecule has 3 atom stereocenters. The van der Waals surface area contributed by atoms with Gasteiger partial charge in [-0.05, 0) is 18.1 Å². The van der Waals surface area contributed by atoms with Gasteiger partial charge in [0.15, 0.2) is 0 Å². The van der Waals surface area contributed by atoms with Crippen LogP contribution in [0, 0.1) is 5.41 Å². The van der Waals surface area contributed by atoms with Gasteiger partial charge in [0.1, 0.15) is 5.44 Å². The van der Waals surface area contributed by atoms with Gasteiger partial charge in [-0.25, -0.2) is 0 Å². The third-order valence-corrected chi connectivity index (χ3v) is 5.13. The Morgan fingerprint density at radius 3 is 3.07 bits per heavy atom. The predicted octanol–water partition coefficient (Wildman–Crippen LogP) is 0.770. The third-order valence-electron chi connectivity index (χ3n) is 3.64. The van der Waals surface area contributed by atoms with Crippen molar-refractivity contribution in [1.82, 2.24) is 5.32 Å². The van der Waals surface area contributed by atoms with Crippen LogP contribution in [-0.4, -0.2) is 22.5 Å². The minimum absolute atomic E-state index is 0.00116. The molecule has 0 fully saturated rings. The van der Waals surface area contributed by atoms with Gasteiger partial charge in [-0.15, -0.1) is 0 Å². The van der Waals surface area contributed by atoms with Gasteiger partial charge >= 0.3 is 0 Å². The highest BCUT2D eigenvalue weighted by Gasteiger charge is 2.58. The van der Waals surface area contributed by atoms with Crippen molar-refractivity contribution in [3.05, 3.63) is 22.1 Å². The van der Waals surface area contributed by atoms with Crippen LogP contribution in [0.25, 0.3) is 0 Å². The molecule has 0 spiro atoms. The molecule has 1 amide bonds. The molecule has 2 heterocycles. The summed E-state index contributed by atoms with van der Waals surface area (Å²) in [6, 6.07) is 0.00116. The van der Waals surface area contributed by atoms with Gasteiger partial charge < -0.3 is 10.4 Å². The van der Waals surface area contributed by atoms with Gasteiger partial charge in [0.2, 0.25) is 5.91 Å². The Labute approximate surface area is 86.3 Å². The van der Waals surface area contributed by atoms with Gasteiger partial charge in [0.25, 0.3) is 0 Å². The molecular weight excluding hydrogens is 198 g/mol. The highest BCUT2D eigenvalue weighted by molar-refractivity contribution is 8.04. The zero-order valence-electron chi connectivity index (χ0n) is 8.00. The number of hydrogen-bond donors (Lipinski definition) is 2. The zero-order chi connectivity index (χ0) is 10.1. The molecule has 3 unspecified atom stereocenters. The molecule has 2 bridgehead atoms. The summed E-state index contributed by atoms with van der Waals surface area (Å²) in [5, 5.41) is 12.8. The summed E-state index contributed by atoms with van der Waals surface area (Å²) in [5.41, 5.74) is 1.58. The number of aliphatic hydroxyl groups is 1. The van der Waals surface area contributed by atoms with E-state index in [0.29, 0.717) is 0 Å². The quantitative estimate of drug-likeness (QED) is 0.619. The molecule has 1 aliphatic carbocycles. The summed E-state index contributed by atoms with van der Waals surface area (Å²) in [6.45, 7) is 4.06. The van der Waals surface area contributed by atoms with Crippen molar-refractivity contribution in [3.63, 3.8) is 0 Å². The number of rotatable bonds is 0. The fourth-order valence-electron chi connectivity index (χ4n) is 2.55. The van der Waals surface area contributed by atoms with Crippen LogP contribution in [0.15, 0.2) is 22.1 Å².